The van der Waals surface area contributed by atoms with Crippen LogP contribution in [0.2, 0.25) is 0 Å². The summed E-state index contributed by atoms with van der Waals surface area (Å²) >= 11 is 0. The molecule has 0 amide bonds. The maximum absolute atomic E-state index is 4.34. The van der Waals surface area contributed by atoms with Crippen LogP contribution in [0.3, 0.4) is 0 Å². The Labute approximate surface area is 99.2 Å². The van der Waals surface area contributed by atoms with Crippen molar-refractivity contribution >= 4 is 0 Å². The molecular formula is C12H13N5. The second-order valence-electron chi connectivity index (χ2n) is 3.55. The Morgan fingerprint density at radius 2 is 2.24 bits per heavy atom. The van der Waals surface area contributed by atoms with Crippen molar-refractivity contribution in [2.75, 3.05) is 0 Å². The van der Waals surface area contributed by atoms with E-state index in [2.05, 4.69) is 26.5 Å². The van der Waals surface area contributed by atoms with Gasteiger partial charge in [0.05, 0.1) is 5.69 Å². The summed E-state index contributed by atoms with van der Waals surface area (Å²) in [6, 6.07) is 1.86. The quantitative estimate of drug-likeness (QED) is 0.775. The molecule has 0 unspecified atom stereocenters. The maximum atomic E-state index is 4.34. The Balaban J connectivity index is 2.52. The topological polar surface area (TPSA) is 56.0 Å². The Hall–Kier alpha value is -2.30. The molecule has 0 fully saturated rings. The SMILES string of the molecule is C=CN=c1ncc(-c2ccnc(C)n2)cn1C. The van der Waals surface area contributed by atoms with Crippen molar-refractivity contribution in [2.45, 2.75) is 6.92 Å². The zero-order valence-electron chi connectivity index (χ0n) is 9.83. The lowest BCUT2D eigenvalue weighted by Gasteiger charge is -2.04. The highest BCUT2D eigenvalue weighted by atomic mass is 15.1. The van der Waals surface area contributed by atoms with E-state index in [-0.39, 0.29) is 0 Å². The standard InChI is InChI=1S/C12H13N5/c1-4-13-12-15-7-10(8-17(12)3)11-5-6-14-9(2)16-11/h4-8H,1H2,2-3H3. The van der Waals surface area contributed by atoms with Gasteiger partial charge in [-0.25, -0.2) is 19.9 Å². The van der Waals surface area contributed by atoms with E-state index >= 15 is 0 Å². The molecular weight excluding hydrogens is 214 g/mol. The first-order valence-corrected chi connectivity index (χ1v) is 5.18. The lowest BCUT2D eigenvalue weighted by atomic mass is 10.2. The average molecular weight is 227 g/mol. The summed E-state index contributed by atoms with van der Waals surface area (Å²) in [6.07, 6.45) is 6.87. The van der Waals surface area contributed by atoms with Gasteiger partial charge in [0, 0.05) is 37.4 Å². The molecule has 2 heterocycles. The summed E-state index contributed by atoms with van der Waals surface area (Å²) in [7, 11) is 1.88. The van der Waals surface area contributed by atoms with E-state index in [0.29, 0.717) is 5.62 Å². The van der Waals surface area contributed by atoms with Crippen molar-refractivity contribution in [3.05, 3.63) is 48.9 Å². The van der Waals surface area contributed by atoms with Gasteiger partial charge in [-0.15, -0.1) is 0 Å². The normalized spacial score (nSPS) is 11.5. The third-order valence-electron chi connectivity index (χ3n) is 2.25. The molecule has 0 aliphatic rings. The highest BCUT2D eigenvalue weighted by Gasteiger charge is 2.01. The minimum Gasteiger partial charge on any atom is -0.320 e. The van der Waals surface area contributed by atoms with E-state index in [1.54, 1.807) is 12.4 Å². The van der Waals surface area contributed by atoms with Crippen LogP contribution in [-0.2, 0) is 7.05 Å². The van der Waals surface area contributed by atoms with Gasteiger partial charge in [0.15, 0.2) is 0 Å². The summed E-state index contributed by atoms with van der Waals surface area (Å²) in [5.41, 5.74) is 2.39. The minimum absolute atomic E-state index is 0.606. The first-order chi connectivity index (χ1) is 8.20. The van der Waals surface area contributed by atoms with Gasteiger partial charge in [-0.2, -0.15) is 0 Å². The molecule has 0 aliphatic carbocycles. The number of aryl methyl sites for hydroxylation is 2. The smallest absolute Gasteiger partial charge is 0.229 e. The zero-order chi connectivity index (χ0) is 12.3. The molecule has 0 radical (unpaired) electrons. The first kappa shape index (κ1) is 11.2. The van der Waals surface area contributed by atoms with Crippen molar-refractivity contribution in [1.29, 1.82) is 0 Å². The molecule has 86 valence electrons. The first-order valence-electron chi connectivity index (χ1n) is 5.18. The molecule has 0 N–H and O–H groups in total. The minimum atomic E-state index is 0.606. The number of hydrogen-bond acceptors (Lipinski definition) is 4. The zero-order valence-corrected chi connectivity index (χ0v) is 9.83. The van der Waals surface area contributed by atoms with Crippen molar-refractivity contribution < 1.29 is 0 Å². The van der Waals surface area contributed by atoms with Gasteiger partial charge in [-0.1, -0.05) is 6.58 Å². The van der Waals surface area contributed by atoms with E-state index in [1.165, 1.54) is 6.20 Å². The van der Waals surface area contributed by atoms with E-state index in [1.807, 2.05) is 30.8 Å². The molecule has 0 bridgehead atoms. The number of aromatic nitrogens is 4. The molecule has 5 nitrogen and oxygen atoms in total. The molecule has 0 saturated carbocycles. The van der Waals surface area contributed by atoms with Crippen LogP contribution < -0.4 is 5.62 Å². The lowest BCUT2D eigenvalue weighted by Crippen LogP contribution is -2.20. The fraction of sp³-hybridized carbons (Fsp3) is 0.167. The summed E-state index contributed by atoms with van der Waals surface area (Å²) < 4.78 is 1.83. The van der Waals surface area contributed by atoms with Crippen LogP contribution in [0.1, 0.15) is 5.82 Å². The van der Waals surface area contributed by atoms with Crippen molar-refractivity contribution in [1.82, 2.24) is 19.5 Å². The molecule has 0 aliphatic heterocycles. The summed E-state index contributed by atoms with van der Waals surface area (Å²) in [5.74, 6) is 0.741. The van der Waals surface area contributed by atoms with Crippen LogP contribution in [0, 0.1) is 6.92 Å². The van der Waals surface area contributed by atoms with Gasteiger partial charge in [-0.3, -0.25) is 0 Å². The number of rotatable bonds is 2. The van der Waals surface area contributed by atoms with E-state index in [0.717, 1.165) is 17.1 Å². The van der Waals surface area contributed by atoms with Gasteiger partial charge < -0.3 is 4.57 Å². The molecule has 17 heavy (non-hydrogen) atoms. The van der Waals surface area contributed by atoms with Crippen molar-refractivity contribution in [3.63, 3.8) is 0 Å². The van der Waals surface area contributed by atoms with Gasteiger partial charge in [0.2, 0.25) is 5.62 Å². The van der Waals surface area contributed by atoms with Crippen LogP contribution in [0.4, 0.5) is 0 Å². The van der Waals surface area contributed by atoms with Crippen LogP contribution in [-0.4, -0.2) is 19.5 Å². The molecule has 0 atom stereocenters. The highest BCUT2D eigenvalue weighted by Crippen LogP contribution is 2.12. The van der Waals surface area contributed by atoms with Gasteiger partial charge in [-0.05, 0) is 13.0 Å². The molecule has 2 aromatic rings. The Kier molecular flexibility index (Phi) is 3.09. The molecule has 2 aromatic heterocycles. The molecule has 5 heteroatoms. The monoisotopic (exact) mass is 227 g/mol. The summed E-state index contributed by atoms with van der Waals surface area (Å²) in [5, 5.41) is 0. The Morgan fingerprint density at radius 3 is 2.88 bits per heavy atom. The summed E-state index contributed by atoms with van der Waals surface area (Å²) in [6.45, 7) is 5.41. The predicted octanol–water partition coefficient (Wildman–Crippen LogP) is 1.23. The third-order valence-corrected chi connectivity index (χ3v) is 2.25. The van der Waals surface area contributed by atoms with Crippen molar-refractivity contribution in [2.24, 2.45) is 12.0 Å². The fourth-order valence-corrected chi connectivity index (χ4v) is 1.47. The van der Waals surface area contributed by atoms with Gasteiger partial charge >= 0.3 is 0 Å². The van der Waals surface area contributed by atoms with Crippen molar-refractivity contribution in [3.8, 4) is 11.3 Å². The molecule has 0 saturated heterocycles. The van der Waals surface area contributed by atoms with E-state index in [9.17, 15) is 0 Å². The molecule has 0 aromatic carbocycles. The summed E-state index contributed by atoms with van der Waals surface area (Å²) in [4.78, 5) is 16.7. The third kappa shape index (κ3) is 2.44. The average Bonchev–Trinajstić information content (AvgIpc) is 2.32. The number of nitrogens with zero attached hydrogens (tertiary/aromatic N) is 5. The molecule has 2 rings (SSSR count). The Bertz CT molecular complexity index is 612. The highest BCUT2D eigenvalue weighted by molar-refractivity contribution is 5.55. The van der Waals surface area contributed by atoms with Gasteiger partial charge in [0.25, 0.3) is 0 Å². The number of hydrogen-bond donors (Lipinski definition) is 0. The van der Waals surface area contributed by atoms with Crippen LogP contribution in [0.15, 0.2) is 42.4 Å². The van der Waals surface area contributed by atoms with Crippen LogP contribution in [0.25, 0.3) is 11.3 Å². The largest absolute Gasteiger partial charge is 0.320 e. The lowest BCUT2D eigenvalue weighted by molar-refractivity contribution is 0.782. The van der Waals surface area contributed by atoms with Crippen LogP contribution in [0.5, 0.6) is 0 Å². The van der Waals surface area contributed by atoms with E-state index in [4.69, 9.17) is 0 Å². The maximum Gasteiger partial charge on any atom is 0.229 e. The second-order valence-corrected chi connectivity index (χ2v) is 3.55. The predicted molar refractivity (Wildman–Crippen MR) is 64.7 cm³/mol. The molecule has 0 spiro atoms. The van der Waals surface area contributed by atoms with E-state index < -0.39 is 0 Å². The fourth-order valence-electron chi connectivity index (χ4n) is 1.47. The van der Waals surface area contributed by atoms with Gasteiger partial charge in [0.1, 0.15) is 5.82 Å². The Morgan fingerprint density at radius 1 is 1.41 bits per heavy atom. The second kappa shape index (κ2) is 4.69. The van der Waals surface area contributed by atoms with Crippen LogP contribution >= 0.6 is 0 Å².